The highest BCUT2D eigenvalue weighted by atomic mass is 17.1. The number of carbonyl (C=O) groups is 1. The summed E-state index contributed by atoms with van der Waals surface area (Å²) in [5.41, 5.74) is 1.39. The van der Waals surface area contributed by atoms with Gasteiger partial charge in [-0.25, -0.2) is 5.26 Å². The molecule has 20 heavy (non-hydrogen) atoms. The van der Waals surface area contributed by atoms with Gasteiger partial charge in [-0.15, -0.1) is 0 Å². The predicted octanol–water partition coefficient (Wildman–Crippen LogP) is 3.84. The van der Waals surface area contributed by atoms with Crippen molar-refractivity contribution < 1.29 is 20.0 Å². The van der Waals surface area contributed by atoms with Gasteiger partial charge >= 0.3 is 5.97 Å². The number of carboxylic acids is 1. The Balaban J connectivity index is 0.000000361. The maximum atomic E-state index is 9.94. The van der Waals surface area contributed by atoms with E-state index in [0.717, 1.165) is 0 Å². The molecule has 0 fully saturated rings. The van der Waals surface area contributed by atoms with Gasteiger partial charge in [-0.3, -0.25) is 9.78 Å². The molecule has 0 aliphatic rings. The minimum absolute atomic E-state index is 0.0718. The van der Waals surface area contributed by atoms with Crippen LogP contribution in [0.2, 0.25) is 0 Å². The Labute approximate surface area is 119 Å². The van der Waals surface area contributed by atoms with Gasteiger partial charge in [0.05, 0.1) is 0 Å². The summed E-state index contributed by atoms with van der Waals surface area (Å²) in [6, 6.07) is 4.16. The topological polar surface area (TPSA) is 79.7 Å². The smallest absolute Gasteiger partial charge is 0.303 e. The number of hydrogen-bond acceptors (Lipinski definition) is 4. The quantitative estimate of drug-likeness (QED) is 0.451. The highest BCUT2D eigenvalue weighted by molar-refractivity contribution is 5.66. The summed E-state index contributed by atoms with van der Waals surface area (Å²) in [6.45, 7) is 7.74. The Kier molecular flexibility index (Phi) is 9.96. The normalized spacial score (nSPS) is 10.9. The van der Waals surface area contributed by atoms with Crippen LogP contribution in [0.5, 0.6) is 0 Å². The molecule has 0 spiro atoms. The van der Waals surface area contributed by atoms with Crippen molar-refractivity contribution in [3.63, 3.8) is 0 Å². The number of nitrogens with zero attached hydrogens (tertiary/aromatic N) is 1. The van der Waals surface area contributed by atoms with Crippen LogP contribution in [0.15, 0.2) is 36.9 Å². The third kappa shape index (κ3) is 9.10. The second kappa shape index (κ2) is 11.0. The lowest BCUT2D eigenvalue weighted by molar-refractivity contribution is -0.205. The molecule has 1 rings (SSSR count). The summed E-state index contributed by atoms with van der Waals surface area (Å²) < 4.78 is 0. The van der Waals surface area contributed by atoms with Crippen LogP contribution >= 0.6 is 0 Å². The highest BCUT2D eigenvalue weighted by Crippen LogP contribution is 2.16. The molecule has 2 N–H and O–H groups in total. The van der Waals surface area contributed by atoms with Gasteiger partial charge in [-0.1, -0.05) is 20.4 Å². The number of aromatic nitrogens is 1. The van der Waals surface area contributed by atoms with E-state index >= 15 is 0 Å². The van der Waals surface area contributed by atoms with Crippen molar-refractivity contribution in [3.05, 3.63) is 42.4 Å². The van der Waals surface area contributed by atoms with E-state index in [4.69, 9.17) is 10.4 Å². The summed E-state index contributed by atoms with van der Waals surface area (Å²) in [5.74, 6) is 0.00925. The van der Waals surface area contributed by atoms with Gasteiger partial charge in [0.1, 0.15) is 5.76 Å². The monoisotopic (exact) mass is 281 g/mol. The summed E-state index contributed by atoms with van der Waals surface area (Å²) in [6.07, 6.45) is 5.78. The van der Waals surface area contributed by atoms with Crippen LogP contribution in [0.3, 0.4) is 0 Å². The van der Waals surface area contributed by atoms with Crippen LogP contribution in [0, 0.1) is 0 Å². The molecule has 0 amide bonds. The zero-order valence-corrected chi connectivity index (χ0v) is 12.1. The fourth-order valence-corrected chi connectivity index (χ4v) is 1.41. The standard InChI is InChI=1S/C9H13N.C6H10O4/c1-3-8(2)9-4-6-10-7-5-9;1-5(10-9)3-2-4-6(7)8/h4-8H,3H2,1-2H3;9H,1-4H2,(H,7,8). The van der Waals surface area contributed by atoms with Crippen molar-refractivity contribution in [2.45, 2.75) is 45.4 Å². The van der Waals surface area contributed by atoms with Crippen molar-refractivity contribution in [2.75, 3.05) is 0 Å². The van der Waals surface area contributed by atoms with E-state index in [0.29, 0.717) is 18.8 Å². The lowest BCUT2D eigenvalue weighted by atomic mass is 10.0. The van der Waals surface area contributed by atoms with E-state index in [9.17, 15) is 4.79 Å². The zero-order chi connectivity index (χ0) is 15.4. The molecule has 5 nitrogen and oxygen atoms in total. The van der Waals surface area contributed by atoms with Gasteiger partial charge in [0.15, 0.2) is 0 Å². The number of pyridine rings is 1. The molecule has 1 unspecified atom stereocenters. The van der Waals surface area contributed by atoms with Gasteiger partial charge in [-0.2, -0.15) is 0 Å². The zero-order valence-electron chi connectivity index (χ0n) is 12.1. The molecule has 0 saturated heterocycles. The SMILES string of the molecule is C=C(CCCC(=O)O)OO.CCC(C)c1ccncc1. The first-order valence-electron chi connectivity index (χ1n) is 6.62. The first-order valence-corrected chi connectivity index (χ1v) is 6.62. The van der Waals surface area contributed by atoms with Gasteiger partial charge in [0.25, 0.3) is 0 Å². The Morgan fingerprint density at radius 1 is 1.40 bits per heavy atom. The number of carboxylic acid groups (broad SMARTS) is 1. The molecule has 1 aromatic heterocycles. The van der Waals surface area contributed by atoms with Gasteiger partial charge in [0, 0.05) is 25.2 Å². The number of hydrogen-bond donors (Lipinski definition) is 2. The lowest BCUT2D eigenvalue weighted by Crippen LogP contribution is -1.94. The lowest BCUT2D eigenvalue weighted by Gasteiger charge is -2.06. The van der Waals surface area contributed by atoms with Crippen LogP contribution in [0.25, 0.3) is 0 Å². The molecule has 0 aliphatic carbocycles. The first kappa shape index (κ1) is 18.1. The maximum absolute atomic E-state index is 9.94. The average molecular weight is 281 g/mol. The first-order chi connectivity index (χ1) is 9.51. The van der Waals surface area contributed by atoms with Gasteiger partial charge < -0.3 is 9.99 Å². The molecule has 1 aromatic rings. The molecule has 1 atom stereocenters. The second-order valence-electron chi connectivity index (χ2n) is 4.47. The van der Waals surface area contributed by atoms with E-state index in [-0.39, 0.29) is 12.2 Å². The van der Waals surface area contributed by atoms with Crippen molar-refractivity contribution in [1.82, 2.24) is 4.98 Å². The molecule has 0 aromatic carbocycles. The fourth-order valence-electron chi connectivity index (χ4n) is 1.41. The highest BCUT2D eigenvalue weighted by Gasteiger charge is 1.99. The van der Waals surface area contributed by atoms with Crippen LogP contribution in [-0.2, 0) is 9.68 Å². The molecule has 1 heterocycles. The van der Waals surface area contributed by atoms with Crippen LogP contribution in [0.1, 0.15) is 51.0 Å². The Bertz CT molecular complexity index is 392. The van der Waals surface area contributed by atoms with E-state index in [1.807, 2.05) is 12.4 Å². The van der Waals surface area contributed by atoms with Crippen molar-refractivity contribution in [1.29, 1.82) is 0 Å². The molecule has 5 heteroatoms. The summed E-state index contributed by atoms with van der Waals surface area (Å²) >= 11 is 0. The molecule has 112 valence electrons. The van der Waals surface area contributed by atoms with E-state index in [1.54, 1.807) is 0 Å². The second-order valence-corrected chi connectivity index (χ2v) is 4.47. The van der Waals surface area contributed by atoms with Gasteiger partial charge in [0.2, 0.25) is 0 Å². The van der Waals surface area contributed by atoms with Crippen LogP contribution in [0.4, 0.5) is 0 Å². The molecular formula is C15H23NO4. The number of aliphatic carboxylic acids is 1. The minimum atomic E-state index is -0.856. The minimum Gasteiger partial charge on any atom is -0.481 e. The van der Waals surface area contributed by atoms with Crippen molar-refractivity contribution in [2.24, 2.45) is 0 Å². The molecule has 0 bridgehead atoms. The summed E-state index contributed by atoms with van der Waals surface area (Å²) in [4.78, 5) is 17.6. The molecule has 0 saturated carbocycles. The van der Waals surface area contributed by atoms with E-state index in [2.05, 4.69) is 42.4 Å². The largest absolute Gasteiger partial charge is 0.481 e. The van der Waals surface area contributed by atoms with Crippen molar-refractivity contribution in [3.8, 4) is 0 Å². The number of rotatable bonds is 7. The third-order valence-electron chi connectivity index (χ3n) is 2.86. The molecule has 0 aliphatic heterocycles. The van der Waals surface area contributed by atoms with E-state index < -0.39 is 5.97 Å². The third-order valence-corrected chi connectivity index (χ3v) is 2.86. The molecular weight excluding hydrogens is 258 g/mol. The Morgan fingerprint density at radius 3 is 2.45 bits per heavy atom. The Morgan fingerprint density at radius 2 is 2.00 bits per heavy atom. The summed E-state index contributed by atoms with van der Waals surface area (Å²) in [7, 11) is 0. The van der Waals surface area contributed by atoms with E-state index in [1.165, 1.54) is 12.0 Å². The summed E-state index contributed by atoms with van der Waals surface area (Å²) in [5, 5.41) is 16.1. The maximum Gasteiger partial charge on any atom is 0.303 e. The number of allylic oxidation sites excluding steroid dienone is 1. The van der Waals surface area contributed by atoms with Crippen LogP contribution in [-0.4, -0.2) is 21.3 Å². The predicted molar refractivity (Wildman–Crippen MR) is 77.3 cm³/mol. The average Bonchev–Trinajstić information content (AvgIpc) is 2.47. The Hall–Kier alpha value is -1.88. The van der Waals surface area contributed by atoms with Crippen LogP contribution < -0.4 is 0 Å². The fraction of sp³-hybridized carbons (Fsp3) is 0.467. The van der Waals surface area contributed by atoms with Crippen molar-refractivity contribution >= 4 is 5.97 Å². The van der Waals surface area contributed by atoms with Gasteiger partial charge in [-0.05, 0) is 36.5 Å². The molecule has 0 radical (unpaired) electrons.